The molecule has 1 aliphatic rings. The lowest BCUT2D eigenvalue weighted by atomic mass is 9.94. The fourth-order valence-corrected chi connectivity index (χ4v) is 4.74. The molecular formula is C29H27N3O6. The van der Waals surface area contributed by atoms with Crippen LogP contribution in [0, 0.1) is 13.8 Å². The second-order valence-electron chi connectivity index (χ2n) is 9.09. The van der Waals surface area contributed by atoms with Crippen molar-refractivity contribution >= 4 is 34.4 Å². The van der Waals surface area contributed by atoms with E-state index in [1.54, 1.807) is 44.4 Å². The number of fused-ring (bicyclic) bond motifs is 1. The average molecular weight is 514 g/mol. The Balaban J connectivity index is 1.74. The Kier molecular flexibility index (Phi) is 6.28. The summed E-state index contributed by atoms with van der Waals surface area (Å²) in [6.07, 6.45) is 0. The number of Topliss-reactive ketones (excluding diaryl/α,β-unsaturated/α-hetero) is 1. The van der Waals surface area contributed by atoms with Crippen LogP contribution in [0.1, 0.15) is 35.2 Å². The van der Waals surface area contributed by atoms with Crippen molar-refractivity contribution in [1.82, 2.24) is 9.97 Å². The van der Waals surface area contributed by atoms with Crippen molar-refractivity contribution < 1.29 is 29.3 Å². The van der Waals surface area contributed by atoms with Crippen molar-refractivity contribution in [2.75, 3.05) is 18.6 Å². The number of nitrogens with one attached hydrogen (secondary N) is 1. The lowest BCUT2D eigenvalue weighted by Crippen LogP contribution is -2.30. The minimum atomic E-state index is -1.04. The first-order valence-electron chi connectivity index (χ1n) is 12.1. The molecule has 194 valence electrons. The normalized spacial score (nSPS) is 16.8. The molecule has 3 N–H and O–H groups in total. The number of ether oxygens (including phenoxy) is 2. The number of imidazole rings is 1. The molecule has 1 amide bonds. The van der Waals surface area contributed by atoms with E-state index in [0.717, 1.165) is 11.1 Å². The van der Waals surface area contributed by atoms with Gasteiger partial charge in [-0.1, -0.05) is 12.1 Å². The first-order chi connectivity index (χ1) is 18.2. The Morgan fingerprint density at radius 3 is 2.55 bits per heavy atom. The van der Waals surface area contributed by atoms with Gasteiger partial charge in [-0.25, -0.2) is 4.98 Å². The van der Waals surface area contributed by atoms with E-state index in [1.165, 1.54) is 11.0 Å². The SMILES string of the molecule is CCOc1cc(C2/C(=C(\O)c3ccc(OC)c(C)c3)C(=O)C(=O)N2c2nc3ccc(C)cc3[nH]2)ccc1O. The smallest absolute Gasteiger partial charge is 0.302 e. The first kappa shape index (κ1) is 24.9. The Bertz CT molecular complexity index is 1620. The van der Waals surface area contributed by atoms with Crippen LogP contribution < -0.4 is 14.4 Å². The van der Waals surface area contributed by atoms with Crippen LogP contribution in [0.3, 0.4) is 0 Å². The van der Waals surface area contributed by atoms with Gasteiger partial charge in [0.25, 0.3) is 5.78 Å². The van der Waals surface area contributed by atoms with Crippen molar-refractivity contribution in [3.63, 3.8) is 0 Å². The number of hydrogen-bond donors (Lipinski definition) is 3. The van der Waals surface area contributed by atoms with Crippen molar-refractivity contribution in [1.29, 1.82) is 0 Å². The monoisotopic (exact) mass is 513 g/mol. The molecule has 9 heteroatoms. The van der Waals surface area contributed by atoms with E-state index in [-0.39, 0.29) is 28.8 Å². The van der Waals surface area contributed by atoms with E-state index in [0.29, 0.717) is 34.5 Å². The van der Waals surface area contributed by atoms with E-state index in [2.05, 4.69) is 9.97 Å². The number of nitrogens with zero attached hydrogens (tertiary/aromatic N) is 2. The molecular weight excluding hydrogens is 486 g/mol. The molecule has 3 aromatic carbocycles. The molecule has 4 aromatic rings. The molecule has 0 radical (unpaired) electrons. The maximum atomic E-state index is 13.5. The standard InChI is InChI=1S/C29H27N3O6/c1-5-38-23-14-17(7-10-21(23)33)25-24(26(34)18-8-11-22(37-4)16(3)13-18)27(35)28(36)32(25)29-30-19-9-6-15(2)12-20(19)31-29/h6-14,25,33-34H,5H2,1-4H3,(H,30,31)/b26-24+. The zero-order valence-corrected chi connectivity index (χ0v) is 21.4. The number of carbonyl (C=O) groups excluding carboxylic acids is 2. The molecule has 0 aliphatic carbocycles. The van der Waals surface area contributed by atoms with Crippen molar-refractivity contribution in [2.24, 2.45) is 0 Å². The third kappa shape index (κ3) is 4.11. The summed E-state index contributed by atoms with van der Waals surface area (Å²) in [6.45, 7) is 5.83. The van der Waals surface area contributed by atoms with Crippen LogP contribution in [-0.2, 0) is 9.59 Å². The number of aliphatic hydroxyl groups is 1. The number of rotatable bonds is 6. The molecule has 0 saturated carbocycles. The van der Waals surface area contributed by atoms with Gasteiger partial charge >= 0.3 is 5.91 Å². The third-order valence-corrected chi connectivity index (χ3v) is 6.57. The number of phenolic OH excluding ortho intramolecular Hbond substituents is 1. The number of aromatic amines is 1. The molecule has 9 nitrogen and oxygen atoms in total. The van der Waals surface area contributed by atoms with Gasteiger partial charge in [-0.05, 0) is 79.9 Å². The summed E-state index contributed by atoms with van der Waals surface area (Å²) in [5.74, 6) is -1.15. The summed E-state index contributed by atoms with van der Waals surface area (Å²) in [5.41, 5.74) is 3.78. The van der Waals surface area contributed by atoms with Crippen molar-refractivity contribution in [3.05, 3.63) is 82.4 Å². The summed E-state index contributed by atoms with van der Waals surface area (Å²) in [5, 5.41) is 21.7. The summed E-state index contributed by atoms with van der Waals surface area (Å²) >= 11 is 0. The molecule has 1 aromatic heterocycles. The van der Waals surface area contributed by atoms with E-state index in [4.69, 9.17) is 9.47 Å². The first-order valence-corrected chi connectivity index (χ1v) is 12.1. The van der Waals surface area contributed by atoms with Gasteiger partial charge in [-0.3, -0.25) is 14.5 Å². The van der Waals surface area contributed by atoms with Gasteiger partial charge in [-0.2, -0.15) is 0 Å². The molecule has 0 spiro atoms. The fraction of sp³-hybridized carbons (Fsp3) is 0.207. The van der Waals surface area contributed by atoms with E-state index in [9.17, 15) is 19.8 Å². The van der Waals surface area contributed by atoms with E-state index >= 15 is 0 Å². The van der Waals surface area contributed by atoms with E-state index in [1.807, 2.05) is 32.0 Å². The van der Waals surface area contributed by atoms with Gasteiger partial charge in [-0.15, -0.1) is 0 Å². The van der Waals surface area contributed by atoms with Gasteiger partial charge in [0, 0.05) is 5.56 Å². The quantitative estimate of drug-likeness (QED) is 0.190. The molecule has 1 unspecified atom stereocenters. The van der Waals surface area contributed by atoms with Crippen LogP contribution in [0.5, 0.6) is 17.2 Å². The fourth-order valence-electron chi connectivity index (χ4n) is 4.74. The average Bonchev–Trinajstić information content (AvgIpc) is 3.42. The second kappa shape index (κ2) is 9.59. The molecule has 5 rings (SSSR count). The maximum absolute atomic E-state index is 13.5. The van der Waals surface area contributed by atoms with Crippen LogP contribution in [0.2, 0.25) is 0 Å². The number of hydrogen-bond acceptors (Lipinski definition) is 7. The third-order valence-electron chi connectivity index (χ3n) is 6.57. The number of aromatic hydroxyl groups is 1. The van der Waals surface area contributed by atoms with E-state index < -0.39 is 17.7 Å². The molecule has 2 heterocycles. The number of H-pyrrole nitrogens is 1. The second-order valence-corrected chi connectivity index (χ2v) is 9.09. The lowest BCUT2D eigenvalue weighted by molar-refractivity contribution is -0.132. The number of aryl methyl sites for hydroxylation is 2. The van der Waals surface area contributed by atoms with Gasteiger partial charge in [0.15, 0.2) is 11.5 Å². The van der Waals surface area contributed by atoms with Crippen LogP contribution in [-0.4, -0.2) is 45.6 Å². The van der Waals surface area contributed by atoms with Crippen molar-refractivity contribution in [3.8, 4) is 17.2 Å². The number of benzene rings is 3. The highest BCUT2D eigenvalue weighted by Crippen LogP contribution is 2.44. The molecule has 1 fully saturated rings. The number of anilines is 1. The van der Waals surface area contributed by atoms with Gasteiger partial charge in [0.1, 0.15) is 11.5 Å². The number of carbonyl (C=O) groups is 2. The molecule has 38 heavy (non-hydrogen) atoms. The highest BCUT2D eigenvalue weighted by atomic mass is 16.5. The lowest BCUT2D eigenvalue weighted by Gasteiger charge is -2.23. The molecule has 1 aliphatic heterocycles. The summed E-state index contributed by atoms with van der Waals surface area (Å²) < 4.78 is 10.9. The number of ketones is 1. The zero-order valence-electron chi connectivity index (χ0n) is 21.4. The topological polar surface area (TPSA) is 125 Å². The largest absolute Gasteiger partial charge is 0.507 e. The minimum Gasteiger partial charge on any atom is -0.507 e. The number of methoxy groups -OCH3 is 1. The van der Waals surface area contributed by atoms with Crippen LogP contribution >= 0.6 is 0 Å². The Labute approximate surface area is 219 Å². The number of phenols is 1. The van der Waals surface area contributed by atoms with Crippen LogP contribution in [0.25, 0.3) is 16.8 Å². The number of aliphatic hydroxyl groups excluding tert-OH is 1. The maximum Gasteiger partial charge on any atom is 0.302 e. The molecule has 1 atom stereocenters. The highest BCUT2D eigenvalue weighted by molar-refractivity contribution is 6.51. The predicted molar refractivity (Wildman–Crippen MR) is 143 cm³/mol. The Morgan fingerprint density at radius 2 is 1.84 bits per heavy atom. The summed E-state index contributed by atoms with van der Waals surface area (Å²) in [6, 6.07) is 14.1. The zero-order chi connectivity index (χ0) is 27.1. The van der Waals surface area contributed by atoms with Crippen LogP contribution in [0.15, 0.2) is 60.2 Å². The molecule has 0 bridgehead atoms. The Morgan fingerprint density at radius 1 is 1.05 bits per heavy atom. The summed E-state index contributed by atoms with van der Waals surface area (Å²) in [7, 11) is 1.54. The number of aromatic nitrogens is 2. The van der Waals surface area contributed by atoms with Gasteiger partial charge < -0.3 is 24.7 Å². The van der Waals surface area contributed by atoms with Crippen LogP contribution in [0.4, 0.5) is 5.95 Å². The van der Waals surface area contributed by atoms with Gasteiger partial charge in [0.2, 0.25) is 5.95 Å². The molecule has 1 saturated heterocycles. The Hall–Kier alpha value is -4.79. The summed E-state index contributed by atoms with van der Waals surface area (Å²) in [4.78, 5) is 35.9. The highest BCUT2D eigenvalue weighted by Gasteiger charge is 2.48. The predicted octanol–water partition coefficient (Wildman–Crippen LogP) is 4.92. The minimum absolute atomic E-state index is 0.0856. The van der Waals surface area contributed by atoms with Gasteiger partial charge in [0.05, 0.1) is 36.4 Å². The number of amides is 1. The van der Waals surface area contributed by atoms with Crippen molar-refractivity contribution in [2.45, 2.75) is 26.8 Å².